The number of aliphatic hydroxyl groups is 1. The standard InChI is InChI=1S/C23H17NO2/c25-18-9-7-14-11-16(6-5-15(14)12-18)23(26)17-8-10-22-20(13-17)19-3-1-2-4-21(19)24-22/h1-13,23-26H. The zero-order chi connectivity index (χ0) is 17.7. The predicted octanol–water partition coefficient (Wildman–Crippen LogP) is 5.26. The molecule has 0 bridgehead atoms. The zero-order valence-corrected chi connectivity index (χ0v) is 14.0. The fraction of sp³-hybridized carbons (Fsp3) is 0.0435. The van der Waals surface area contributed by atoms with Crippen LogP contribution in [-0.2, 0) is 0 Å². The van der Waals surface area contributed by atoms with Crippen molar-refractivity contribution in [3.63, 3.8) is 0 Å². The number of H-pyrrole nitrogens is 1. The van der Waals surface area contributed by atoms with Crippen molar-refractivity contribution in [2.75, 3.05) is 0 Å². The molecule has 5 rings (SSSR count). The van der Waals surface area contributed by atoms with E-state index in [1.165, 1.54) is 0 Å². The van der Waals surface area contributed by atoms with Gasteiger partial charge in [0.1, 0.15) is 11.9 Å². The van der Waals surface area contributed by atoms with Gasteiger partial charge in [-0.05, 0) is 58.3 Å². The van der Waals surface area contributed by atoms with Crippen LogP contribution in [0.25, 0.3) is 32.6 Å². The Bertz CT molecular complexity index is 1270. The van der Waals surface area contributed by atoms with E-state index in [2.05, 4.69) is 23.2 Å². The first-order chi connectivity index (χ1) is 12.7. The fourth-order valence-corrected chi connectivity index (χ4v) is 3.65. The normalized spacial score (nSPS) is 12.8. The summed E-state index contributed by atoms with van der Waals surface area (Å²) in [7, 11) is 0. The quantitative estimate of drug-likeness (QED) is 0.411. The van der Waals surface area contributed by atoms with Crippen LogP contribution in [0.5, 0.6) is 5.75 Å². The van der Waals surface area contributed by atoms with Crippen LogP contribution in [0.4, 0.5) is 0 Å². The lowest BCUT2D eigenvalue weighted by Gasteiger charge is -2.13. The molecule has 0 saturated carbocycles. The second-order valence-corrected chi connectivity index (χ2v) is 6.67. The fourth-order valence-electron chi connectivity index (χ4n) is 3.65. The molecule has 1 aromatic heterocycles. The molecule has 3 nitrogen and oxygen atoms in total. The number of aromatic amines is 1. The lowest BCUT2D eigenvalue weighted by Crippen LogP contribution is -1.99. The minimum Gasteiger partial charge on any atom is -0.508 e. The number of benzene rings is 4. The summed E-state index contributed by atoms with van der Waals surface area (Å²) in [6, 6.07) is 25.3. The number of aromatic nitrogens is 1. The molecule has 3 heteroatoms. The highest BCUT2D eigenvalue weighted by atomic mass is 16.3. The second-order valence-electron chi connectivity index (χ2n) is 6.67. The summed E-state index contributed by atoms with van der Waals surface area (Å²) < 4.78 is 0. The van der Waals surface area contributed by atoms with Crippen molar-refractivity contribution in [2.45, 2.75) is 6.10 Å². The van der Waals surface area contributed by atoms with Gasteiger partial charge >= 0.3 is 0 Å². The van der Waals surface area contributed by atoms with Crippen LogP contribution in [0.15, 0.2) is 78.9 Å². The molecule has 0 spiro atoms. The van der Waals surface area contributed by atoms with Gasteiger partial charge in [0, 0.05) is 21.8 Å². The van der Waals surface area contributed by atoms with Crippen molar-refractivity contribution in [3.8, 4) is 5.75 Å². The molecule has 0 fully saturated rings. The minimum atomic E-state index is -0.703. The van der Waals surface area contributed by atoms with Crippen LogP contribution in [0.3, 0.4) is 0 Å². The molecule has 0 aliphatic carbocycles. The maximum Gasteiger partial charge on any atom is 0.116 e. The lowest BCUT2D eigenvalue weighted by atomic mass is 9.97. The molecule has 0 aliphatic rings. The van der Waals surface area contributed by atoms with E-state index in [9.17, 15) is 10.2 Å². The van der Waals surface area contributed by atoms with Gasteiger partial charge in [0.2, 0.25) is 0 Å². The number of hydrogen-bond acceptors (Lipinski definition) is 2. The number of fused-ring (bicyclic) bond motifs is 4. The highest BCUT2D eigenvalue weighted by Crippen LogP contribution is 2.31. The maximum atomic E-state index is 10.9. The first-order valence-electron chi connectivity index (χ1n) is 8.60. The van der Waals surface area contributed by atoms with E-state index < -0.39 is 6.10 Å². The maximum absolute atomic E-state index is 10.9. The van der Waals surface area contributed by atoms with Gasteiger partial charge < -0.3 is 15.2 Å². The topological polar surface area (TPSA) is 56.2 Å². The molecule has 0 aliphatic heterocycles. The van der Waals surface area contributed by atoms with Crippen LogP contribution in [0.1, 0.15) is 17.2 Å². The largest absolute Gasteiger partial charge is 0.508 e. The monoisotopic (exact) mass is 339 g/mol. The van der Waals surface area contributed by atoms with Crippen molar-refractivity contribution >= 4 is 32.6 Å². The van der Waals surface area contributed by atoms with Crippen molar-refractivity contribution in [1.29, 1.82) is 0 Å². The number of phenolic OH excluding ortho intramolecular Hbond substituents is 1. The van der Waals surface area contributed by atoms with E-state index in [0.717, 1.165) is 43.7 Å². The summed E-state index contributed by atoms with van der Waals surface area (Å²) >= 11 is 0. The molecule has 1 atom stereocenters. The summed E-state index contributed by atoms with van der Waals surface area (Å²) in [4.78, 5) is 3.41. The van der Waals surface area contributed by atoms with Crippen LogP contribution in [0, 0.1) is 0 Å². The Morgan fingerprint density at radius 2 is 1.35 bits per heavy atom. The van der Waals surface area contributed by atoms with Gasteiger partial charge in [-0.2, -0.15) is 0 Å². The molecular weight excluding hydrogens is 322 g/mol. The summed E-state index contributed by atoms with van der Waals surface area (Å²) in [5.74, 6) is 0.246. The zero-order valence-electron chi connectivity index (χ0n) is 14.0. The van der Waals surface area contributed by atoms with Crippen LogP contribution < -0.4 is 0 Å². The van der Waals surface area contributed by atoms with Crippen molar-refractivity contribution < 1.29 is 10.2 Å². The Morgan fingerprint density at radius 1 is 0.654 bits per heavy atom. The minimum absolute atomic E-state index is 0.246. The predicted molar refractivity (Wildman–Crippen MR) is 105 cm³/mol. The molecule has 126 valence electrons. The molecule has 0 saturated heterocycles. The molecule has 26 heavy (non-hydrogen) atoms. The second kappa shape index (κ2) is 5.61. The first kappa shape index (κ1) is 15.0. The summed E-state index contributed by atoms with van der Waals surface area (Å²) in [6.45, 7) is 0. The van der Waals surface area contributed by atoms with Crippen molar-refractivity contribution in [1.82, 2.24) is 4.98 Å². The van der Waals surface area contributed by atoms with Crippen molar-refractivity contribution in [2.24, 2.45) is 0 Å². The van der Waals surface area contributed by atoms with Gasteiger partial charge in [0.25, 0.3) is 0 Å². The Kier molecular flexibility index (Phi) is 3.24. The molecule has 0 amide bonds. The highest BCUT2D eigenvalue weighted by Gasteiger charge is 2.13. The number of aliphatic hydroxyl groups excluding tert-OH is 1. The Morgan fingerprint density at radius 3 is 2.27 bits per heavy atom. The molecule has 1 heterocycles. The Hall–Kier alpha value is -3.30. The van der Waals surface area contributed by atoms with E-state index in [0.29, 0.717) is 0 Å². The molecule has 1 unspecified atom stereocenters. The van der Waals surface area contributed by atoms with E-state index in [1.54, 1.807) is 12.1 Å². The smallest absolute Gasteiger partial charge is 0.116 e. The molecule has 3 N–H and O–H groups in total. The summed E-state index contributed by atoms with van der Waals surface area (Å²) in [6.07, 6.45) is -0.703. The van der Waals surface area contributed by atoms with Gasteiger partial charge in [-0.15, -0.1) is 0 Å². The third-order valence-electron chi connectivity index (χ3n) is 5.01. The number of para-hydroxylation sites is 1. The van der Waals surface area contributed by atoms with Gasteiger partial charge in [-0.1, -0.05) is 42.5 Å². The molecule has 5 aromatic rings. The molecular formula is C23H17NO2. The average molecular weight is 339 g/mol. The number of nitrogens with one attached hydrogen (secondary N) is 1. The Balaban J connectivity index is 1.62. The van der Waals surface area contributed by atoms with Gasteiger partial charge in [-0.3, -0.25) is 0 Å². The van der Waals surface area contributed by atoms with Gasteiger partial charge in [-0.25, -0.2) is 0 Å². The van der Waals surface area contributed by atoms with Gasteiger partial charge in [0.15, 0.2) is 0 Å². The number of phenols is 1. The van der Waals surface area contributed by atoms with E-state index >= 15 is 0 Å². The van der Waals surface area contributed by atoms with Crippen LogP contribution in [-0.4, -0.2) is 15.2 Å². The van der Waals surface area contributed by atoms with Gasteiger partial charge in [0.05, 0.1) is 0 Å². The van der Waals surface area contributed by atoms with E-state index in [4.69, 9.17) is 0 Å². The number of rotatable bonds is 2. The average Bonchev–Trinajstić information content (AvgIpc) is 3.05. The number of hydrogen-bond donors (Lipinski definition) is 3. The first-order valence-corrected chi connectivity index (χ1v) is 8.60. The number of aromatic hydroxyl groups is 1. The van der Waals surface area contributed by atoms with Crippen LogP contribution in [0.2, 0.25) is 0 Å². The van der Waals surface area contributed by atoms with E-state index in [1.807, 2.05) is 48.5 Å². The lowest BCUT2D eigenvalue weighted by molar-refractivity contribution is 0.220. The Labute approximate surface area is 150 Å². The molecule has 0 radical (unpaired) electrons. The summed E-state index contributed by atoms with van der Waals surface area (Å²) in [5, 5.41) is 24.7. The van der Waals surface area contributed by atoms with E-state index in [-0.39, 0.29) is 5.75 Å². The summed E-state index contributed by atoms with van der Waals surface area (Å²) in [5.41, 5.74) is 3.86. The third kappa shape index (κ3) is 2.33. The highest BCUT2D eigenvalue weighted by molar-refractivity contribution is 6.07. The third-order valence-corrected chi connectivity index (χ3v) is 5.01. The molecule has 4 aromatic carbocycles. The van der Waals surface area contributed by atoms with Crippen molar-refractivity contribution in [3.05, 3.63) is 90.0 Å². The SMILES string of the molecule is Oc1ccc2cc(C(O)c3ccc4[nH]c5ccccc5c4c3)ccc2c1. The van der Waals surface area contributed by atoms with Crippen LogP contribution >= 0.6 is 0 Å².